The number of ether oxygens (including phenoxy) is 2. The Bertz CT molecular complexity index is 586. The molecule has 1 aromatic carbocycles. The molecule has 0 aromatic heterocycles. The second-order valence-corrected chi connectivity index (χ2v) is 5.43. The second-order valence-electron chi connectivity index (χ2n) is 5.43. The Labute approximate surface area is 135 Å². The van der Waals surface area contributed by atoms with Crippen molar-refractivity contribution >= 4 is 17.8 Å². The molecule has 1 amide bonds. The molecule has 0 radical (unpaired) electrons. The van der Waals surface area contributed by atoms with Crippen LogP contribution >= 0.6 is 0 Å². The van der Waals surface area contributed by atoms with E-state index in [0.717, 1.165) is 5.56 Å². The van der Waals surface area contributed by atoms with Gasteiger partial charge in [-0.15, -0.1) is 0 Å². The van der Waals surface area contributed by atoms with Gasteiger partial charge < -0.3 is 9.47 Å². The van der Waals surface area contributed by atoms with Gasteiger partial charge in [0.1, 0.15) is 6.61 Å². The summed E-state index contributed by atoms with van der Waals surface area (Å²) in [6.45, 7) is 3.51. The van der Waals surface area contributed by atoms with Crippen LogP contribution in [-0.2, 0) is 25.7 Å². The van der Waals surface area contributed by atoms with E-state index in [0.29, 0.717) is 13.0 Å². The molecule has 1 aliphatic rings. The van der Waals surface area contributed by atoms with Crippen molar-refractivity contribution in [3.63, 3.8) is 0 Å². The van der Waals surface area contributed by atoms with Crippen molar-refractivity contribution < 1.29 is 23.9 Å². The van der Waals surface area contributed by atoms with Gasteiger partial charge in [0, 0.05) is 6.54 Å². The first-order valence-electron chi connectivity index (χ1n) is 7.69. The number of likely N-dealkylation sites (tertiary alicyclic amines) is 1. The lowest BCUT2D eigenvalue weighted by molar-refractivity contribution is -0.159. The van der Waals surface area contributed by atoms with E-state index in [9.17, 15) is 14.4 Å². The van der Waals surface area contributed by atoms with Crippen molar-refractivity contribution in [1.29, 1.82) is 0 Å². The number of Topliss-reactive ketones (excluding diaryl/α,β-unsaturated/α-hetero) is 1. The number of benzene rings is 1. The summed E-state index contributed by atoms with van der Waals surface area (Å²) in [5.74, 6) is -1.08. The Morgan fingerprint density at radius 1 is 1.17 bits per heavy atom. The summed E-state index contributed by atoms with van der Waals surface area (Å²) < 4.78 is 10.3. The van der Waals surface area contributed by atoms with Crippen LogP contribution in [0.25, 0.3) is 0 Å². The van der Waals surface area contributed by atoms with Crippen molar-refractivity contribution in [3.05, 3.63) is 35.9 Å². The number of rotatable bonds is 5. The predicted octanol–water partition coefficient (Wildman–Crippen LogP) is 2.31. The van der Waals surface area contributed by atoms with Crippen LogP contribution in [0, 0.1) is 0 Å². The molecular formula is C17H21NO5. The van der Waals surface area contributed by atoms with E-state index in [-0.39, 0.29) is 19.6 Å². The summed E-state index contributed by atoms with van der Waals surface area (Å²) in [6.07, 6.45) is 0.148. The zero-order chi connectivity index (χ0) is 16.9. The average Bonchev–Trinajstić information content (AvgIpc) is 3.00. The molecular weight excluding hydrogens is 298 g/mol. The summed E-state index contributed by atoms with van der Waals surface area (Å²) in [5, 5.41) is 0. The molecule has 6 nitrogen and oxygen atoms in total. The maximum atomic E-state index is 12.4. The van der Waals surface area contributed by atoms with E-state index < -0.39 is 23.4 Å². The van der Waals surface area contributed by atoms with Gasteiger partial charge in [0.25, 0.3) is 0 Å². The van der Waals surface area contributed by atoms with Gasteiger partial charge in [0.05, 0.1) is 6.61 Å². The fourth-order valence-electron chi connectivity index (χ4n) is 2.84. The highest BCUT2D eigenvalue weighted by Crippen LogP contribution is 2.32. The van der Waals surface area contributed by atoms with Gasteiger partial charge in [-0.2, -0.15) is 0 Å². The Morgan fingerprint density at radius 2 is 1.87 bits per heavy atom. The third-order valence-electron chi connectivity index (χ3n) is 4.00. The smallest absolute Gasteiger partial charge is 0.411 e. The largest absolute Gasteiger partial charge is 0.464 e. The van der Waals surface area contributed by atoms with Gasteiger partial charge in [-0.25, -0.2) is 9.59 Å². The zero-order valence-corrected chi connectivity index (χ0v) is 13.4. The van der Waals surface area contributed by atoms with Gasteiger partial charge in [0.15, 0.2) is 5.78 Å². The summed E-state index contributed by atoms with van der Waals surface area (Å²) in [4.78, 5) is 38.0. The molecule has 1 fully saturated rings. The molecule has 1 aliphatic heterocycles. The molecule has 0 bridgehead atoms. The molecule has 0 N–H and O–H groups in total. The summed E-state index contributed by atoms with van der Waals surface area (Å²) in [6, 6.07) is 9.23. The minimum atomic E-state index is -1.55. The number of esters is 1. The van der Waals surface area contributed by atoms with Crippen molar-refractivity contribution in [1.82, 2.24) is 4.90 Å². The summed E-state index contributed by atoms with van der Waals surface area (Å²) in [7, 11) is 0. The lowest BCUT2D eigenvalue weighted by atomic mass is 9.92. The van der Waals surface area contributed by atoms with Crippen LogP contribution in [-0.4, -0.2) is 41.4 Å². The van der Waals surface area contributed by atoms with E-state index in [1.165, 1.54) is 11.8 Å². The van der Waals surface area contributed by atoms with Crippen LogP contribution < -0.4 is 0 Å². The van der Waals surface area contributed by atoms with Crippen LogP contribution in [0.15, 0.2) is 30.3 Å². The molecule has 1 saturated heterocycles. The van der Waals surface area contributed by atoms with Crippen molar-refractivity contribution in [2.24, 2.45) is 0 Å². The third kappa shape index (κ3) is 3.36. The topological polar surface area (TPSA) is 72.9 Å². The SMILES string of the molecule is CCOC(=O)C1(C(C)=O)CCCN1C(=O)OCc1ccccc1. The Balaban J connectivity index is 2.13. The van der Waals surface area contributed by atoms with Crippen LogP contribution in [0.4, 0.5) is 4.79 Å². The molecule has 1 aromatic rings. The first-order valence-corrected chi connectivity index (χ1v) is 7.69. The van der Waals surface area contributed by atoms with Crippen LogP contribution in [0.5, 0.6) is 0 Å². The van der Waals surface area contributed by atoms with E-state index in [1.54, 1.807) is 6.92 Å². The summed E-state index contributed by atoms with van der Waals surface area (Å²) in [5.41, 5.74) is -0.714. The molecule has 0 spiro atoms. The maximum Gasteiger partial charge on any atom is 0.411 e. The molecule has 23 heavy (non-hydrogen) atoms. The first-order chi connectivity index (χ1) is 11.0. The number of carbonyl (C=O) groups is 3. The van der Waals surface area contributed by atoms with Crippen LogP contribution in [0.2, 0.25) is 0 Å². The maximum absolute atomic E-state index is 12.4. The third-order valence-corrected chi connectivity index (χ3v) is 4.00. The molecule has 1 unspecified atom stereocenters. The fraction of sp³-hybridized carbons (Fsp3) is 0.471. The summed E-state index contributed by atoms with van der Waals surface area (Å²) >= 11 is 0. The molecule has 0 saturated carbocycles. The van der Waals surface area contributed by atoms with Gasteiger partial charge >= 0.3 is 12.1 Å². The number of nitrogens with zero attached hydrogens (tertiary/aromatic N) is 1. The zero-order valence-electron chi connectivity index (χ0n) is 13.4. The molecule has 0 aliphatic carbocycles. The van der Waals surface area contributed by atoms with Gasteiger partial charge in [-0.3, -0.25) is 9.69 Å². The molecule has 124 valence electrons. The quantitative estimate of drug-likeness (QED) is 0.615. The minimum Gasteiger partial charge on any atom is -0.464 e. The van der Waals surface area contributed by atoms with E-state index in [2.05, 4.69) is 0 Å². The van der Waals surface area contributed by atoms with E-state index >= 15 is 0 Å². The highest BCUT2D eigenvalue weighted by atomic mass is 16.6. The molecule has 2 rings (SSSR count). The molecule has 1 atom stereocenters. The van der Waals surface area contributed by atoms with Gasteiger partial charge in [-0.05, 0) is 32.3 Å². The number of ketones is 1. The van der Waals surface area contributed by atoms with Gasteiger partial charge in [0.2, 0.25) is 5.54 Å². The Hall–Kier alpha value is -2.37. The second kappa shape index (κ2) is 7.26. The molecule has 6 heteroatoms. The Kier molecular flexibility index (Phi) is 5.36. The molecule has 1 heterocycles. The minimum absolute atomic E-state index is 0.0903. The monoisotopic (exact) mass is 319 g/mol. The first kappa shape index (κ1) is 17.0. The predicted molar refractivity (Wildman–Crippen MR) is 82.6 cm³/mol. The van der Waals surface area contributed by atoms with Gasteiger partial charge in [-0.1, -0.05) is 30.3 Å². The van der Waals surface area contributed by atoms with Crippen molar-refractivity contribution in [2.45, 2.75) is 38.8 Å². The van der Waals surface area contributed by atoms with E-state index in [4.69, 9.17) is 9.47 Å². The standard InChI is InChI=1S/C17H21NO5/c1-3-22-15(20)17(13(2)19)10-7-11-18(17)16(21)23-12-14-8-5-4-6-9-14/h4-6,8-9H,3,7,10-12H2,1-2H3. The van der Waals surface area contributed by atoms with E-state index in [1.807, 2.05) is 30.3 Å². The number of hydrogen-bond donors (Lipinski definition) is 0. The van der Waals surface area contributed by atoms with Crippen molar-refractivity contribution in [2.75, 3.05) is 13.2 Å². The number of hydrogen-bond acceptors (Lipinski definition) is 5. The number of amides is 1. The van der Waals surface area contributed by atoms with Crippen LogP contribution in [0.1, 0.15) is 32.3 Å². The van der Waals surface area contributed by atoms with Crippen molar-refractivity contribution in [3.8, 4) is 0 Å². The lowest BCUT2D eigenvalue weighted by Crippen LogP contribution is -2.58. The fourth-order valence-corrected chi connectivity index (χ4v) is 2.84. The number of carbonyl (C=O) groups excluding carboxylic acids is 3. The average molecular weight is 319 g/mol. The highest BCUT2D eigenvalue weighted by molar-refractivity contribution is 6.10. The highest BCUT2D eigenvalue weighted by Gasteiger charge is 2.55. The lowest BCUT2D eigenvalue weighted by Gasteiger charge is -2.33. The normalized spacial score (nSPS) is 20.2. The Morgan fingerprint density at radius 3 is 2.48 bits per heavy atom. The van der Waals surface area contributed by atoms with Crippen LogP contribution in [0.3, 0.4) is 0 Å².